The van der Waals surface area contributed by atoms with Gasteiger partial charge in [0.05, 0.1) is 22.2 Å². The van der Waals surface area contributed by atoms with Gasteiger partial charge < -0.3 is 14.2 Å². The molecule has 2 aromatic rings. The van der Waals surface area contributed by atoms with E-state index in [9.17, 15) is 4.79 Å². The van der Waals surface area contributed by atoms with Crippen LogP contribution in [-0.4, -0.2) is 19.2 Å². The van der Waals surface area contributed by atoms with Crippen LogP contribution in [0.4, 0.5) is 0 Å². The first-order valence-electron chi connectivity index (χ1n) is 6.92. The molecule has 0 radical (unpaired) electrons. The molecule has 2 aromatic carbocycles. The van der Waals surface area contributed by atoms with Crippen molar-refractivity contribution < 1.29 is 19.0 Å². The summed E-state index contributed by atoms with van der Waals surface area (Å²) in [4.78, 5) is 12.0. The Morgan fingerprint density at radius 1 is 1.22 bits per heavy atom. The molecule has 5 nitrogen and oxygen atoms in total. The van der Waals surface area contributed by atoms with E-state index in [1.807, 2.05) is 6.07 Å². The Kier molecular flexibility index (Phi) is 4.35. The van der Waals surface area contributed by atoms with Crippen molar-refractivity contribution in [3.63, 3.8) is 0 Å². The van der Waals surface area contributed by atoms with Crippen LogP contribution in [0.3, 0.4) is 0 Å². The molecule has 0 bridgehead atoms. The smallest absolute Gasteiger partial charge is 0.338 e. The standard InChI is InChI=1S/C17H12ClNO4/c18-14-7-12(8-15-16(14)22-6-5-21-15)10-23-17(20)13-3-1-11(9-19)2-4-13/h1-4,7-8H,5-6,10H2. The monoisotopic (exact) mass is 329 g/mol. The van der Waals surface area contributed by atoms with Crippen molar-refractivity contribution in [3.8, 4) is 17.6 Å². The van der Waals surface area contributed by atoms with E-state index in [0.717, 1.165) is 0 Å². The first-order valence-corrected chi connectivity index (χ1v) is 7.30. The lowest BCUT2D eigenvalue weighted by atomic mass is 10.1. The maximum absolute atomic E-state index is 12.0. The van der Waals surface area contributed by atoms with E-state index in [4.69, 9.17) is 31.1 Å². The van der Waals surface area contributed by atoms with Gasteiger partial charge in [0.15, 0.2) is 11.5 Å². The summed E-state index contributed by atoms with van der Waals surface area (Å²) in [5, 5.41) is 9.16. The number of hydrogen-bond donors (Lipinski definition) is 0. The van der Waals surface area contributed by atoms with Crippen LogP contribution in [0.25, 0.3) is 0 Å². The van der Waals surface area contributed by atoms with Gasteiger partial charge in [-0.1, -0.05) is 11.6 Å². The van der Waals surface area contributed by atoms with Crippen molar-refractivity contribution in [2.75, 3.05) is 13.2 Å². The number of fused-ring (bicyclic) bond motifs is 1. The summed E-state index contributed by atoms with van der Waals surface area (Å²) < 4.78 is 16.2. The van der Waals surface area contributed by atoms with Gasteiger partial charge in [0.2, 0.25) is 0 Å². The molecule has 0 atom stereocenters. The van der Waals surface area contributed by atoms with E-state index in [1.54, 1.807) is 36.4 Å². The zero-order valence-electron chi connectivity index (χ0n) is 12.0. The molecule has 3 rings (SSSR count). The van der Waals surface area contributed by atoms with Crippen molar-refractivity contribution in [1.29, 1.82) is 5.26 Å². The first-order chi connectivity index (χ1) is 11.2. The van der Waals surface area contributed by atoms with Gasteiger partial charge in [-0.25, -0.2) is 4.79 Å². The predicted octanol–water partition coefficient (Wildman–Crippen LogP) is 3.34. The average molecular weight is 330 g/mol. The topological polar surface area (TPSA) is 68.6 Å². The molecule has 1 aliphatic rings. The van der Waals surface area contributed by atoms with Gasteiger partial charge in [0.25, 0.3) is 0 Å². The number of halogens is 1. The Balaban J connectivity index is 1.69. The SMILES string of the molecule is N#Cc1ccc(C(=O)OCc2cc(Cl)c3c(c2)OCCO3)cc1. The summed E-state index contributed by atoms with van der Waals surface area (Å²) in [5.74, 6) is 0.591. The fourth-order valence-electron chi connectivity index (χ4n) is 2.16. The molecule has 6 heteroatoms. The Morgan fingerprint density at radius 2 is 1.96 bits per heavy atom. The molecule has 0 amide bonds. The zero-order chi connectivity index (χ0) is 16.2. The number of carbonyl (C=O) groups excluding carboxylic acids is 1. The minimum atomic E-state index is -0.472. The number of nitrogens with zero attached hydrogens (tertiary/aromatic N) is 1. The Morgan fingerprint density at radius 3 is 2.70 bits per heavy atom. The van der Waals surface area contributed by atoms with Crippen molar-refractivity contribution in [2.45, 2.75) is 6.61 Å². The summed E-state index contributed by atoms with van der Waals surface area (Å²) >= 11 is 6.14. The summed E-state index contributed by atoms with van der Waals surface area (Å²) in [6.07, 6.45) is 0. The number of carbonyl (C=O) groups is 1. The van der Waals surface area contributed by atoms with Crippen LogP contribution in [-0.2, 0) is 11.3 Å². The van der Waals surface area contributed by atoms with E-state index < -0.39 is 5.97 Å². The molecule has 0 fully saturated rings. The third kappa shape index (κ3) is 3.38. The number of hydrogen-bond acceptors (Lipinski definition) is 5. The molecular weight excluding hydrogens is 318 g/mol. The van der Waals surface area contributed by atoms with Crippen LogP contribution in [0.15, 0.2) is 36.4 Å². The second-order valence-electron chi connectivity index (χ2n) is 4.87. The molecule has 23 heavy (non-hydrogen) atoms. The molecular formula is C17H12ClNO4. The maximum Gasteiger partial charge on any atom is 0.338 e. The molecule has 1 heterocycles. The molecule has 116 valence electrons. The summed E-state index contributed by atoms with van der Waals surface area (Å²) in [5.41, 5.74) is 1.58. The predicted molar refractivity (Wildman–Crippen MR) is 82.7 cm³/mol. The highest BCUT2D eigenvalue weighted by Gasteiger charge is 2.17. The van der Waals surface area contributed by atoms with Crippen LogP contribution in [0.5, 0.6) is 11.5 Å². The third-order valence-electron chi connectivity index (χ3n) is 3.28. The normalized spacial score (nSPS) is 12.3. The lowest BCUT2D eigenvalue weighted by Crippen LogP contribution is -2.16. The average Bonchev–Trinajstić information content (AvgIpc) is 2.60. The van der Waals surface area contributed by atoms with E-state index in [1.165, 1.54) is 0 Å². The highest BCUT2D eigenvalue weighted by atomic mass is 35.5. The van der Waals surface area contributed by atoms with Crippen LogP contribution in [0.1, 0.15) is 21.5 Å². The van der Waals surface area contributed by atoms with Crippen LogP contribution < -0.4 is 9.47 Å². The second kappa shape index (κ2) is 6.59. The number of rotatable bonds is 3. The van der Waals surface area contributed by atoms with Crippen molar-refractivity contribution in [2.24, 2.45) is 0 Å². The second-order valence-corrected chi connectivity index (χ2v) is 5.27. The van der Waals surface area contributed by atoms with Crippen molar-refractivity contribution in [3.05, 3.63) is 58.1 Å². The van der Waals surface area contributed by atoms with Crippen LogP contribution in [0.2, 0.25) is 5.02 Å². The number of nitriles is 1. The summed E-state index contributed by atoms with van der Waals surface area (Å²) in [6, 6.07) is 11.7. The molecule has 0 saturated heterocycles. The number of ether oxygens (including phenoxy) is 3. The number of benzene rings is 2. The van der Waals surface area contributed by atoms with Gasteiger partial charge in [0, 0.05) is 0 Å². The molecule has 0 spiro atoms. The molecule has 1 aliphatic heterocycles. The minimum Gasteiger partial charge on any atom is -0.486 e. The van der Waals surface area contributed by atoms with Crippen LogP contribution >= 0.6 is 11.6 Å². The van der Waals surface area contributed by atoms with Gasteiger partial charge in [0.1, 0.15) is 19.8 Å². The molecule has 0 N–H and O–H groups in total. The lowest BCUT2D eigenvalue weighted by molar-refractivity contribution is 0.0472. The molecule has 0 aliphatic carbocycles. The maximum atomic E-state index is 12.0. The van der Waals surface area contributed by atoms with Gasteiger partial charge >= 0.3 is 5.97 Å². The summed E-state index contributed by atoms with van der Waals surface area (Å²) in [6.45, 7) is 0.979. The van der Waals surface area contributed by atoms with Crippen molar-refractivity contribution >= 4 is 17.6 Å². The van der Waals surface area contributed by atoms with E-state index in [2.05, 4.69) is 0 Å². The fourth-order valence-corrected chi connectivity index (χ4v) is 2.45. The minimum absolute atomic E-state index is 0.0647. The van der Waals surface area contributed by atoms with Gasteiger partial charge in [-0.3, -0.25) is 0 Å². The fraction of sp³-hybridized carbons (Fsp3) is 0.176. The van der Waals surface area contributed by atoms with Crippen LogP contribution in [0, 0.1) is 11.3 Å². The first kappa shape index (κ1) is 15.2. The van der Waals surface area contributed by atoms with Crippen molar-refractivity contribution in [1.82, 2.24) is 0 Å². The lowest BCUT2D eigenvalue weighted by Gasteiger charge is -2.20. The zero-order valence-corrected chi connectivity index (χ0v) is 12.8. The van der Waals surface area contributed by atoms with E-state index in [-0.39, 0.29) is 6.61 Å². The third-order valence-corrected chi connectivity index (χ3v) is 3.56. The number of esters is 1. The highest BCUT2D eigenvalue weighted by Crippen LogP contribution is 2.38. The van der Waals surface area contributed by atoms with E-state index >= 15 is 0 Å². The quantitative estimate of drug-likeness (QED) is 0.808. The Bertz CT molecular complexity index is 780. The highest BCUT2D eigenvalue weighted by molar-refractivity contribution is 6.32. The van der Waals surface area contributed by atoms with E-state index in [0.29, 0.717) is 46.4 Å². The Labute approximate surface area is 138 Å². The summed E-state index contributed by atoms with van der Waals surface area (Å²) in [7, 11) is 0. The molecule has 0 aromatic heterocycles. The molecule has 0 unspecified atom stereocenters. The Hall–Kier alpha value is -2.71. The van der Waals surface area contributed by atoms with Gasteiger partial charge in [-0.2, -0.15) is 5.26 Å². The van der Waals surface area contributed by atoms with Gasteiger partial charge in [-0.15, -0.1) is 0 Å². The van der Waals surface area contributed by atoms with Gasteiger partial charge in [-0.05, 0) is 42.0 Å². The largest absolute Gasteiger partial charge is 0.486 e. The molecule has 0 saturated carbocycles.